The number of nitrogens with zero attached hydrogens (tertiary/aromatic N) is 2. The van der Waals surface area contributed by atoms with Gasteiger partial charge in [-0.05, 0) is 37.3 Å². The topological polar surface area (TPSA) is 92.3 Å². The highest BCUT2D eigenvalue weighted by molar-refractivity contribution is 7.07. The second-order valence-corrected chi connectivity index (χ2v) is 10.8. The molecule has 0 saturated carbocycles. The number of halogens is 2. The summed E-state index contributed by atoms with van der Waals surface area (Å²) in [5, 5.41) is 0.717. The maximum absolute atomic E-state index is 13.7. The smallest absolute Gasteiger partial charge is 0.317 e. The fourth-order valence-corrected chi connectivity index (χ4v) is 6.28. The van der Waals surface area contributed by atoms with Crippen LogP contribution in [0.25, 0.3) is 6.08 Å². The van der Waals surface area contributed by atoms with E-state index in [4.69, 9.17) is 46.8 Å². The predicted molar refractivity (Wildman–Crippen MR) is 142 cm³/mol. The molecule has 4 heterocycles. The van der Waals surface area contributed by atoms with Crippen LogP contribution in [-0.2, 0) is 16.1 Å². The van der Waals surface area contributed by atoms with E-state index in [1.54, 1.807) is 47.9 Å². The first-order chi connectivity index (χ1) is 18.3. The molecule has 0 fully saturated rings. The lowest BCUT2D eigenvalue weighted by Crippen LogP contribution is -2.58. The molecule has 0 radical (unpaired) electrons. The SMILES string of the molecule is COC(=O)[C@H]1[C@H]2c3ccccc3O[C@@]1(C)N=c1s/c(=C/c3ccc(COc4cccc(Cl)c4Cl)o3)c(=O)n12. The quantitative estimate of drug-likeness (QED) is 0.331. The van der Waals surface area contributed by atoms with E-state index in [1.807, 2.05) is 24.3 Å². The molecule has 38 heavy (non-hydrogen) atoms. The van der Waals surface area contributed by atoms with Crippen molar-refractivity contribution < 1.29 is 23.4 Å². The Morgan fingerprint density at radius 3 is 2.82 bits per heavy atom. The molecule has 2 aromatic carbocycles. The first-order valence-electron chi connectivity index (χ1n) is 11.6. The van der Waals surface area contributed by atoms with Gasteiger partial charge in [-0.1, -0.05) is 58.8 Å². The van der Waals surface area contributed by atoms with Crippen LogP contribution < -0.4 is 24.4 Å². The molecule has 6 rings (SSSR count). The van der Waals surface area contributed by atoms with Gasteiger partial charge in [0, 0.05) is 11.6 Å². The number of aromatic nitrogens is 1. The Labute approximate surface area is 230 Å². The van der Waals surface area contributed by atoms with Crippen molar-refractivity contribution in [3.63, 3.8) is 0 Å². The number of ether oxygens (including phenoxy) is 3. The number of benzene rings is 2. The maximum Gasteiger partial charge on any atom is 0.317 e. The van der Waals surface area contributed by atoms with Crippen LogP contribution in [0.15, 0.2) is 68.8 Å². The van der Waals surface area contributed by atoms with E-state index >= 15 is 0 Å². The lowest BCUT2D eigenvalue weighted by Gasteiger charge is -2.44. The first-order valence-corrected chi connectivity index (χ1v) is 13.2. The maximum atomic E-state index is 13.7. The van der Waals surface area contributed by atoms with Gasteiger partial charge in [0.25, 0.3) is 5.56 Å². The Bertz CT molecular complexity index is 1760. The van der Waals surface area contributed by atoms with Crippen LogP contribution >= 0.6 is 34.5 Å². The number of methoxy groups -OCH3 is 1. The van der Waals surface area contributed by atoms with Crippen LogP contribution in [0, 0.1) is 5.92 Å². The van der Waals surface area contributed by atoms with Gasteiger partial charge in [0.2, 0.25) is 5.72 Å². The Hall–Kier alpha value is -3.53. The van der Waals surface area contributed by atoms with Gasteiger partial charge in [0.05, 0.1) is 22.7 Å². The van der Waals surface area contributed by atoms with Gasteiger partial charge in [-0.25, -0.2) is 4.99 Å². The van der Waals surface area contributed by atoms with E-state index in [1.165, 1.54) is 18.4 Å². The van der Waals surface area contributed by atoms with E-state index in [0.717, 1.165) is 5.56 Å². The molecular formula is C27H20Cl2N2O6S. The number of furan rings is 1. The van der Waals surface area contributed by atoms with E-state index in [2.05, 4.69) is 0 Å². The molecule has 0 spiro atoms. The molecule has 2 aromatic heterocycles. The second-order valence-electron chi connectivity index (χ2n) is 8.97. The minimum atomic E-state index is -1.22. The van der Waals surface area contributed by atoms with Crippen LogP contribution in [-0.4, -0.2) is 23.4 Å². The molecular weight excluding hydrogens is 551 g/mol. The van der Waals surface area contributed by atoms with Crippen molar-refractivity contribution in [3.05, 3.63) is 101 Å². The number of carbonyl (C=O) groups is 1. The summed E-state index contributed by atoms with van der Waals surface area (Å²) >= 11 is 13.4. The van der Waals surface area contributed by atoms with Crippen molar-refractivity contribution in [1.29, 1.82) is 0 Å². The summed E-state index contributed by atoms with van der Waals surface area (Å²) in [6, 6.07) is 15.3. The third-order valence-corrected chi connectivity index (χ3v) is 8.36. The molecule has 0 aliphatic carbocycles. The largest absolute Gasteiger partial charge is 0.484 e. The Morgan fingerprint density at radius 2 is 2.00 bits per heavy atom. The zero-order valence-electron chi connectivity index (χ0n) is 20.1. The molecule has 2 aliphatic rings. The summed E-state index contributed by atoms with van der Waals surface area (Å²) in [4.78, 5) is 31.7. The molecule has 3 atom stereocenters. The monoisotopic (exact) mass is 570 g/mol. The fraction of sp³-hybridized carbons (Fsp3) is 0.222. The average molecular weight is 571 g/mol. The van der Waals surface area contributed by atoms with Gasteiger partial charge in [0.1, 0.15) is 40.6 Å². The minimum absolute atomic E-state index is 0.124. The standard InChI is InChI=1S/C27H20Cl2N2O6S/c1-27-21(25(33)34-2)23(16-6-3-4-8-18(16)37-27)31-24(32)20(38-26(31)30-27)12-14-10-11-15(36-14)13-35-19-9-5-7-17(28)22(19)29/h3-12,21,23H,13H2,1-2H3/b20-12+/t21-,23-,27-/m1/s1. The lowest BCUT2D eigenvalue weighted by atomic mass is 9.81. The molecule has 2 aliphatic heterocycles. The number of fused-ring (bicyclic) bond motifs is 6. The summed E-state index contributed by atoms with van der Waals surface area (Å²) in [6.45, 7) is 1.86. The van der Waals surface area contributed by atoms with Crippen molar-refractivity contribution in [3.8, 4) is 11.5 Å². The third-order valence-electron chi connectivity index (χ3n) is 6.58. The number of rotatable bonds is 5. The predicted octanol–water partition coefficient (Wildman–Crippen LogP) is 4.34. The lowest BCUT2D eigenvalue weighted by molar-refractivity contribution is -0.158. The van der Waals surface area contributed by atoms with Gasteiger partial charge in [-0.15, -0.1) is 0 Å². The zero-order chi connectivity index (χ0) is 26.6. The Morgan fingerprint density at radius 1 is 1.18 bits per heavy atom. The highest BCUT2D eigenvalue weighted by Crippen LogP contribution is 2.47. The first kappa shape index (κ1) is 24.8. The molecule has 194 valence electrons. The van der Waals surface area contributed by atoms with Crippen molar-refractivity contribution in [1.82, 2.24) is 4.57 Å². The molecule has 4 aromatic rings. The van der Waals surface area contributed by atoms with Gasteiger partial charge in [-0.3, -0.25) is 14.2 Å². The number of hydrogen-bond donors (Lipinski definition) is 0. The summed E-state index contributed by atoms with van der Waals surface area (Å²) in [7, 11) is 1.32. The highest BCUT2D eigenvalue weighted by Gasteiger charge is 2.55. The van der Waals surface area contributed by atoms with Crippen LogP contribution in [0.1, 0.15) is 30.0 Å². The van der Waals surface area contributed by atoms with Gasteiger partial charge < -0.3 is 18.6 Å². The van der Waals surface area contributed by atoms with E-state index in [-0.39, 0.29) is 12.2 Å². The van der Waals surface area contributed by atoms with Gasteiger partial charge >= 0.3 is 5.97 Å². The molecule has 11 heteroatoms. The highest BCUT2D eigenvalue weighted by atomic mass is 35.5. The van der Waals surface area contributed by atoms with E-state index in [9.17, 15) is 9.59 Å². The molecule has 2 bridgehead atoms. The summed E-state index contributed by atoms with van der Waals surface area (Å²) in [5.74, 6) is 0.686. The number of thiazole rings is 1. The van der Waals surface area contributed by atoms with E-state index in [0.29, 0.717) is 42.4 Å². The summed E-state index contributed by atoms with van der Waals surface area (Å²) in [6.07, 6.45) is 1.65. The number of para-hydroxylation sites is 1. The zero-order valence-corrected chi connectivity index (χ0v) is 22.5. The van der Waals surface area contributed by atoms with Crippen LogP contribution in [0.3, 0.4) is 0 Å². The fourth-order valence-electron chi connectivity index (χ4n) is 4.85. The van der Waals surface area contributed by atoms with Crippen LogP contribution in [0.4, 0.5) is 0 Å². The molecule has 0 amide bonds. The van der Waals surface area contributed by atoms with E-state index < -0.39 is 23.7 Å². The number of esters is 1. The molecule has 0 N–H and O–H groups in total. The average Bonchev–Trinajstić information content (AvgIpc) is 3.47. The number of carbonyl (C=O) groups excluding carboxylic acids is 1. The Kier molecular flexibility index (Phi) is 6.09. The summed E-state index contributed by atoms with van der Waals surface area (Å²) < 4.78 is 24.9. The molecule has 8 nitrogen and oxygen atoms in total. The van der Waals surface area contributed by atoms with Crippen LogP contribution in [0.2, 0.25) is 10.0 Å². The molecule has 0 unspecified atom stereocenters. The molecule has 0 saturated heterocycles. The normalized spacial score (nSPS) is 21.6. The second kappa shape index (κ2) is 9.34. The van der Waals surface area contributed by atoms with Crippen molar-refractivity contribution in [2.45, 2.75) is 25.3 Å². The van der Waals surface area contributed by atoms with Crippen LogP contribution in [0.5, 0.6) is 11.5 Å². The van der Waals surface area contributed by atoms with Gasteiger partial charge in [0.15, 0.2) is 4.80 Å². The Balaban J connectivity index is 1.38. The van der Waals surface area contributed by atoms with Crippen molar-refractivity contribution >= 4 is 46.6 Å². The summed E-state index contributed by atoms with van der Waals surface area (Å²) in [5.41, 5.74) is -0.788. The third kappa shape index (κ3) is 4.02. The van der Waals surface area contributed by atoms with Crippen molar-refractivity contribution in [2.75, 3.05) is 7.11 Å². The minimum Gasteiger partial charge on any atom is -0.484 e. The van der Waals surface area contributed by atoms with Gasteiger partial charge in [-0.2, -0.15) is 0 Å². The number of hydrogen-bond acceptors (Lipinski definition) is 8. The van der Waals surface area contributed by atoms with Crippen molar-refractivity contribution in [2.24, 2.45) is 10.9 Å².